The fourth-order valence-corrected chi connectivity index (χ4v) is 2.74. The van der Waals surface area contributed by atoms with Gasteiger partial charge in [-0.3, -0.25) is 4.79 Å². The van der Waals surface area contributed by atoms with Crippen molar-refractivity contribution in [3.05, 3.63) is 48.2 Å². The number of pyridine rings is 1. The fourth-order valence-electron chi connectivity index (χ4n) is 2.74. The van der Waals surface area contributed by atoms with Gasteiger partial charge in [-0.15, -0.1) is 24.8 Å². The van der Waals surface area contributed by atoms with Gasteiger partial charge in [-0.1, -0.05) is 18.2 Å². The second-order valence-electron chi connectivity index (χ2n) is 5.72. The van der Waals surface area contributed by atoms with E-state index in [0.29, 0.717) is 26.1 Å². The van der Waals surface area contributed by atoms with Crippen LogP contribution in [0.25, 0.3) is 0 Å². The predicted octanol–water partition coefficient (Wildman–Crippen LogP) is 2.92. The first-order valence-corrected chi connectivity index (χ1v) is 8.15. The van der Waals surface area contributed by atoms with Crippen LogP contribution in [0.5, 0.6) is 0 Å². The summed E-state index contributed by atoms with van der Waals surface area (Å²) in [6.07, 6.45) is 2.74. The first-order chi connectivity index (χ1) is 11.7. The van der Waals surface area contributed by atoms with Gasteiger partial charge in [0, 0.05) is 31.4 Å². The molecule has 0 spiro atoms. The zero-order chi connectivity index (χ0) is 16.8. The zero-order valence-corrected chi connectivity index (χ0v) is 16.0. The first-order valence-electron chi connectivity index (χ1n) is 8.15. The number of halogens is 2. The second kappa shape index (κ2) is 10.9. The number of nitrogens with two attached hydrogens (primary N) is 1. The Labute approximate surface area is 165 Å². The molecule has 0 radical (unpaired) electrons. The standard InChI is InChI=1S/C18H22N4O2.2ClH/c19-15-5-2-1-4-14(15)7-8-17(23)21-16-6-3-9-20-18(16)22-10-12-24-13-11-22;;/h1-6,9H,7-8,10-13,19H2,(H,21,23);2*1H. The van der Waals surface area contributed by atoms with Crippen LogP contribution in [0.2, 0.25) is 0 Å². The molecule has 1 aromatic heterocycles. The number of carbonyl (C=O) groups excluding carboxylic acids is 1. The first kappa shape index (κ1) is 22.0. The third kappa shape index (κ3) is 5.76. The number of benzene rings is 1. The van der Waals surface area contributed by atoms with E-state index in [1.54, 1.807) is 6.20 Å². The number of anilines is 3. The van der Waals surface area contributed by atoms with Crippen molar-refractivity contribution >= 4 is 47.9 Å². The number of nitrogens with one attached hydrogen (secondary N) is 1. The number of aromatic nitrogens is 1. The van der Waals surface area contributed by atoms with E-state index < -0.39 is 0 Å². The van der Waals surface area contributed by atoms with Crippen molar-refractivity contribution in [3.63, 3.8) is 0 Å². The zero-order valence-electron chi connectivity index (χ0n) is 14.4. The number of hydrogen-bond donors (Lipinski definition) is 2. The van der Waals surface area contributed by atoms with Crippen molar-refractivity contribution in [2.24, 2.45) is 0 Å². The lowest BCUT2D eigenvalue weighted by atomic mass is 10.1. The van der Waals surface area contributed by atoms with Crippen LogP contribution in [0, 0.1) is 0 Å². The van der Waals surface area contributed by atoms with E-state index in [2.05, 4.69) is 15.2 Å². The van der Waals surface area contributed by atoms with Crippen molar-refractivity contribution in [1.29, 1.82) is 0 Å². The van der Waals surface area contributed by atoms with Gasteiger partial charge in [0.25, 0.3) is 0 Å². The third-order valence-electron chi connectivity index (χ3n) is 4.05. The molecule has 1 fully saturated rings. The second-order valence-corrected chi connectivity index (χ2v) is 5.72. The molecule has 1 aliphatic heterocycles. The number of carbonyl (C=O) groups is 1. The Bertz CT molecular complexity index is 709. The van der Waals surface area contributed by atoms with Gasteiger partial charge in [0.1, 0.15) is 0 Å². The number of rotatable bonds is 5. The summed E-state index contributed by atoms with van der Waals surface area (Å²) in [6, 6.07) is 11.3. The summed E-state index contributed by atoms with van der Waals surface area (Å²) in [4.78, 5) is 18.9. The van der Waals surface area contributed by atoms with Crippen LogP contribution in [0.1, 0.15) is 12.0 Å². The van der Waals surface area contributed by atoms with Gasteiger partial charge < -0.3 is 20.7 Å². The smallest absolute Gasteiger partial charge is 0.224 e. The van der Waals surface area contributed by atoms with Gasteiger partial charge in [-0.25, -0.2) is 4.98 Å². The van der Waals surface area contributed by atoms with Crippen LogP contribution in [-0.4, -0.2) is 37.2 Å². The van der Waals surface area contributed by atoms with Gasteiger partial charge >= 0.3 is 0 Å². The third-order valence-corrected chi connectivity index (χ3v) is 4.05. The topological polar surface area (TPSA) is 80.5 Å². The van der Waals surface area contributed by atoms with Crippen LogP contribution in [0.4, 0.5) is 17.2 Å². The van der Waals surface area contributed by atoms with Gasteiger partial charge in [0.15, 0.2) is 5.82 Å². The lowest BCUT2D eigenvalue weighted by Crippen LogP contribution is -2.37. The Hall–Kier alpha value is -2.02. The highest BCUT2D eigenvalue weighted by Gasteiger charge is 2.17. The summed E-state index contributed by atoms with van der Waals surface area (Å²) in [6.45, 7) is 2.91. The lowest BCUT2D eigenvalue weighted by Gasteiger charge is -2.29. The molecule has 26 heavy (non-hydrogen) atoms. The molecule has 8 heteroatoms. The number of amides is 1. The largest absolute Gasteiger partial charge is 0.399 e. The van der Waals surface area contributed by atoms with Gasteiger partial charge in [-0.05, 0) is 30.2 Å². The molecule has 3 N–H and O–H groups in total. The number of para-hydroxylation sites is 1. The minimum absolute atomic E-state index is 0. The summed E-state index contributed by atoms with van der Waals surface area (Å²) < 4.78 is 5.37. The molecule has 1 aliphatic rings. The van der Waals surface area contributed by atoms with Crippen molar-refractivity contribution in [1.82, 2.24) is 4.98 Å². The molecule has 0 atom stereocenters. The molecule has 0 bridgehead atoms. The quantitative estimate of drug-likeness (QED) is 0.756. The number of aryl methyl sites for hydroxylation is 1. The Morgan fingerprint density at radius 2 is 1.88 bits per heavy atom. The van der Waals surface area contributed by atoms with E-state index in [4.69, 9.17) is 10.5 Å². The van der Waals surface area contributed by atoms with Gasteiger partial charge in [0.05, 0.1) is 18.9 Å². The molecule has 1 amide bonds. The lowest BCUT2D eigenvalue weighted by molar-refractivity contribution is -0.116. The van der Waals surface area contributed by atoms with Crippen LogP contribution in [0.3, 0.4) is 0 Å². The Morgan fingerprint density at radius 1 is 1.15 bits per heavy atom. The molecule has 0 saturated carbocycles. The fraction of sp³-hybridized carbons (Fsp3) is 0.333. The number of hydrogen-bond acceptors (Lipinski definition) is 5. The van der Waals surface area contributed by atoms with E-state index in [-0.39, 0.29) is 30.7 Å². The Morgan fingerprint density at radius 3 is 2.62 bits per heavy atom. The minimum atomic E-state index is -0.0410. The van der Waals surface area contributed by atoms with Crippen molar-refractivity contribution in [2.45, 2.75) is 12.8 Å². The molecule has 0 aliphatic carbocycles. The molecule has 0 unspecified atom stereocenters. The van der Waals surface area contributed by atoms with E-state index in [1.165, 1.54) is 0 Å². The average molecular weight is 399 g/mol. The molecule has 2 heterocycles. The molecule has 2 aromatic rings. The minimum Gasteiger partial charge on any atom is -0.399 e. The van der Waals surface area contributed by atoms with Crippen molar-refractivity contribution in [3.8, 4) is 0 Å². The summed E-state index contributed by atoms with van der Waals surface area (Å²) in [5.41, 5.74) is 8.38. The summed E-state index contributed by atoms with van der Waals surface area (Å²) in [5.74, 6) is 0.758. The maximum absolute atomic E-state index is 12.3. The molecule has 142 valence electrons. The highest BCUT2D eigenvalue weighted by molar-refractivity contribution is 5.93. The van der Waals surface area contributed by atoms with E-state index in [0.717, 1.165) is 35.8 Å². The monoisotopic (exact) mass is 398 g/mol. The molecule has 1 aromatic carbocycles. The Balaban J connectivity index is 0.00000169. The number of nitrogen functional groups attached to an aromatic ring is 1. The van der Waals surface area contributed by atoms with Crippen LogP contribution in [-0.2, 0) is 16.0 Å². The molecule has 1 saturated heterocycles. The average Bonchev–Trinajstić information content (AvgIpc) is 2.62. The maximum atomic E-state index is 12.3. The number of ether oxygens (including phenoxy) is 1. The SMILES string of the molecule is Cl.Cl.Nc1ccccc1CCC(=O)Nc1cccnc1N1CCOCC1. The Kier molecular flexibility index (Phi) is 9.19. The predicted molar refractivity (Wildman–Crippen MR) is 110 cm³/mol. The van der Waals surface area contributed by atoms with Crippen LogP contribution >= 0.6 is 24.8 Å². The summed E-state index contributed by atoms with van der Waals surface area (Å²) in [7, 11) is 0. The number of nitrogens with zero attached hydrogens (tertiary/aromatic N) is 2. The molecule has 6 nitrogen and oxygen atoms in total. The van der Waals surface area contributed by atoms with E-state index in [1.807, 2.05) is 36.4 Å². The van der Waals surface area contributed by atoms with Crippen molar-refractivity contribution in [2.75, 3.05) is 42.3 Å². The summed E-state index contributed by atoms with van der Waals surface area (Å²) in [5, 5.41) is 2.97. The summed E-state index contributed by atoms with van der Waals surface area (Å²) >= 11 is 0. The maximum Gasteiger partial charge on any atom is 0.224 e. The normalized spacial score (nSPS) is 13.3. The van der Waals surface area contributed by atoms with Crippen LogP contribution in [0.15, 0.2) is 42.6 Å². The van der Waals surface area contributed by atoms with Gasteiger partial charge in [0.2, 0.25) is 5.91 Å². The van der Waals surface area contributed by atoms with Crippen LogP contribution < -0.4 is 16.0 Å². The molecular weight excluding hydrogens is 375 g/mol. The molecule has 3 rings (SSSR count). The van der Waals surface area contributed by atoms with Crippen molar-refractivity contribution < 1.29 is 9.53 Å². The number of morpholine rings is 1. The van der Waals surface area contributed by atoms with E-state index in [9.17, 15) is 4.79 Å². The highest BCUT2D eigenvalue weighted by Crippen LogP contribution is 2.24. The van der Waals surface area contributed by atoms with Gasteiger partial charge in [-0.2, -0.15) is 0 Å². The highest BCUT2D eigenvalue weighted by atomic mass is 35.5. The molecular formula is C18H24Cl2N4O2. The van der Waals surface area contributed by atoms with E-state index >= 15 is 0 Å².